The van der Waals surface area contributed by atoms with Gasteiger partial charge in [0.2, 0.25) is 0 Å². The van der Waals surface area contributed by atoms with Crippen molar-refractivity contribution in [1.29, 1.82) is 0 Å². The van der Waals surface area contributed by atoms with Crippen molar-refractivity contribution in [2.24, 2.45) is 5.73 Å². The molecule has 0 aliphatic rings. The first kappa shape index (κ1) is 18.4. The second-order valence-electron chi connectivity index (χ2n) is 4.58. The SMILES string of the molecule is CCN(CC)CCN(CCN)Cc1ccccc1.Cl. The Morgan fingerprint density at radius 3 is 2.00 bits per heavy atom. The Bertz CT molecular complexity index is 302. The number of nitrogens with zero attached hydrogens (tertiary/aromatic N) is 2. The van der Waals surface area contributed by atoms with Crippen molar-refractivity contribution < 1.29 is 0 Å². The van der Waals surface area contributed by atoms with Crippen LogP contribution in [0.3, 0.4) is 0 Å². The molecule has 0 aliphatic carbocycles. The van der Waals surface area contributed by atoms with E-state index in [4.69, 9.17) is 5.73 Å². The Labute approximate surface area is 124 Å². The Morgan fingerprint density at radius 1 is 0.895 bits per heavy atom. The minimum Gasteiger partial charge on any atom is -0.329 e. The van der Waals surface area contributed by atoms with Gasteiger partial charge >= 0.3 is 0 Å². The van der Waals surface area contributed by atoms with Gasteiger partial charge in [-0.3, -0.25) is 4.90 Å². The molecule has 1 aromatic carbocycles. The third-order valence-electron chi connectivity index (χ3n) is 3.32. The highest BCUT2D eigenvalue weighted by atomic mass is 35.5. The van der Waals surface area contributed by atoms with Crippen LogP contribution in [-0.2, 0) is 6.54 Å². The van der Waals surface area contributed by atoms with Gasteiger partial charge in [0.1, 0.15) is 0 Å². The first-order chi connectivity index (χ1) is 8.80. The van der Waals surface area contributed by atoms with Gasteiger partial charge in [0.05, 0.1) is 0 Å². The van der Waals surface area contributed by atoms with E-state index < -0.39 is 0 Å². The first-order valence-corrected chi connectivity index (χ1v) is 6.98. The standard InChI is InChI=1S/C15H27N3.ClH/c1-3-17(4-2)12-13-18(11-10-16)14-15-8-6-5-7-9-15;/h5-9H,3-4,10-14,16H2,1-2H3;1H. The van der Waals surface area contributed by atoms with Crippen molar-refractivity contribution in [3.63, 3.8) is 0 Å². The van der Waals surface area contributed by atoms with Crippen molar-refractivity contribution in [1.82, 2.24) is 9.80 Å². The number of hydrogen-bond acceptors (Lipinski definition) is 3. The van der Waals surface area contributed by atoms with Gasteiger partial charge in [-0.15, -0.1) is 12.4 Å². The van der Waals surface area contributed by atoms with Crippen molar-refractivity contribution in [3.05, 3.63) is 35.9 Å². The van der Waals surface area contributed by atoms with Gasteiger partial charge in [0.25, 0.3) is 0 Å². The molecule has 1 aromatic rings. The smallest absolute Gasteiger partial charge is 0.0234 e. The highest BCUT2D eigenvalue weighted by Gasteiger charge is 2.07. The normalized spacial score (nSPS) is 10.8. The highest BCUT2D eigenvalue weighted by Crippen LogP contribution is 2.04. The number of likely N-dealkylation sites (N-methyl/N-ethyl adjacent to an activating group) is 1. The van der Waals surface area contributed by atoms with Gasteiger partial charge in [-0.2, -0.15) is 0 Å². The summed E-state index contributed by atoms with van der Waals surface area (Å²) in [6.07, 6.45) is 0. The molecule has 0 saturated carbocycles. The zero-order valence-corrected chi connectivity index (χ0v) is 13.0. The van der Waals surface area contributed by atoms with E-state index in [-0.39, 0.29) is 12.4 Å². The van der Waals surface area contributed by atoms with E-state index in [1.807, 2.05) is 0 Å². The minimum absolute atomic E-state index is 0. The topological polar surface area (TPSA) is 32.5 Å². The van der Waals surface area contributed by atoms with Gasteiger partial charge < -0.3 is 10.6 Å². The molecule has 19 heavy (non-hydrogen) atoms. The fraction of sp³-hybridized carbons (Fsp3) is 0.600. The third kappa shape index (κ3) is 7.53. The minimum atomic E-state index is 0. The number of benzene rings is 1. The second kappa shape index (κ2) is 11.2. The molecule has 0 unspecified atom stereocenters. The summed E-state index contributed by atoms with van der Waals surface area (Å²) in [5, 5.41) is 0. The molecular weight excluding hydrogens is 258 g/mol. The second-order valence-corrected chi connectivity index (χ2v) is 4.58. The number of rotatable bonds is 9. The van der Waals surface area contributed by atoms with Crippen LogP contribution < -0.4 is 5.73 Å². The molecule has 4 heteroatoms. The lowest BCUT2D eigenvalue weighted by molar-refractivity contribution is 0.212. The van der Waals surface area contributed by atoms with E-state index >= 15 is 0 Å². The molecule has 0 atom stereocenters. The van der Waals surface area contributed by atoms with E-state index in [9.17, 15) is 0 Å². The quantitative estimate of drug-likeness (QED) is 0.755. The van der Waals surface area contributed by atoms with Crippen LogP contribution in [0.1, 0.15) is 19.4 Å². The Kier molecular flexibility index (Phi) is 10.9. The molecule has 3 nitrogen and oxygen atoms in total. The summed E-state index contributed by atoms with van der Waals surface area (Å²) in [5.41, 5.74) is 7.07. The van der Waals surface area contributed by atoms with Crippen molar-refractivity contribution in [3.8, 4) is 0 Å². The zero-order valence-electron chi connectivity index (χ0n) is 12.2. The lowest BCUT2D eigenvalue weighted by Crippen LogP contribution is -2.37. The summed E-state index contributed by atoms with van der Waals surface area (Å²) in [6.45, 7) is 11.6. The van der Waals surface area contributed by atoms with E-state index in [1.54, 1.807) is 0 Å². The predicted molar refractivity (Wildman–Crippen MR) is 85.8 cm³/mol. The maximum Gasteiger partial charge on any atom is 0.0234 e. The molecule has 1 rings (SSSR count). The Morgan fingerprint density at radius 2 is 1.47 bits per heavy atom. The fourth-order valence-corrected chi connectivity index (χ4v) is 2.12. The summed E-state index contributed by atoms with van der Waals surface area (Å²) >= 11 is 0. The molecule has 2 N–H and O–H groups in total. The van der Waals surface area contributed by atoms with Crippen LogP contribution in [-0.4, -0.2) is 49.1 Å². The van der Waals surface area contributed by atoms with E-state index in [0.29, 0.717) is 0 Å². The molecule has 0 bridgehead atoms. The molecule has 110 valence electrons. The van der Waals surface area contributed by atoms with Crippen LogP contribution in [0.5, 0.6) is 0 Å². The number of halogens is 1. The molecule has 0 spiro atoms. The van der Waals surface area contributed by atoms with Crippen molar-refractivity contribution in [2.45, 2.75) is 20.4 Å². The molecule has 0 amide bonds. The lowest BCUT2D eigenvalue weighted by Gasteiger charge is -2.26. The van der Waals surface area contributed by atoms with Crippen LogP contribution in [0.15, 0.2) is 30.3 Å². The van der Waals surface area contributed by atoms with E-state index in [2.05, 4.69) is 54.0 Å². The highest BCUT2D eigenvalue weighted by molar-refractivity contribution is 5.85. The summed E-state index contributed by atoms with van der Waals surface area (Å²) in [5.74, 6) is 0. The third-order valence-corrected chi connectivity index (χ3v) is 3.32. The maximum absolute atomic E-state index is 5.70. The van der Waals surface area contributed by atoms with E-state index in [1.165, 1.54) is 5.56 Å². The molecule has 0 fully saturated rings. The summed E-state index contributed by atoms with van der Waals surface area (Å²) in [7, 11) is 0. The van der Waals surface area contributed by atoms with Crippen LogP contribution in [0, 0.1) is 0 Å². The fourth-order valence-electron chi connectivity index (χ4n) is 2.12. The average molecular weight is 286 g/mol. The van der Waals surface area contributed by atoms with E-state index in [0.717, 1.165) is 45.8 Å². The van der Waals surface area contributed by atoms with Crippen LogP contribution in [0.25, 0.3) is 0 Å². The van der Waals surface area contributed by atoms with Gasteiger partial charge in [-0.1, -0.05) is 44.2 Å². The van der Waals surface area contributed by atoms with Gasteiger partial charge in [0, 0.05) is 32.7 Å². The van der Waals surface area contributed by atoms with Crippen LogP contribution in [0.2, 0.25) is 0 Å². The Balaban J connectivity index is 0.00000324. The molecule has 0 heterocycles. The summed E-state index contributed by atoms with van der Waals surface area (Å²) < 4.78 is 0. The van der Waals surface area contributed by atoms with Crippen molar-refractivity contribution >= 4 is 12.4 Å². The van der Waals surface area contributed by atoms with Gasteiger partial charge in [0.15, 0.2) is 0 Å². The van der Waals surface area contributed by atoms with Crippen LogP contribution in [0.4, 0.5) is 0 Å². The van der Waals surface area contributed by atoms with Crippen molar-refractivity contribution in [2.75, 3.05) is 39.3 Å². The largest absolute Gasteiger partial charge is 0.329 e. The molecular formula is C15H28ClN3. The maximum atomic E-state index is 5.70. The molecule has 0 radical (unpaired) electrons. The lowest BCUT2D eigenvalue weighted by atomic mass is 10.2. The molecule has 0 aromatic heterocycles. The summed E-state index contributed by atoms with van der Waals surface area (Å²) in [4.78, 5) is 4.89. The van der Waals surface area contributed by atoms with Gasteiger partial charge in [-0.25, -0.2) is 0 Å². The van der Waals surface area contributed by atoms with Gasteiger partial charge in [-0.05, 0) is 18.7 Å². The number of nitrogens with two attached hydrogens (primary N) is 1. The zero-order chi connectivity index (χ0) is 13.2. The molecule has 0 saturated heterocycles. The first-order valence-electron chi connectivity index (χ1n) is 6.98. The van der Waals surface area contributed by atoms with Crippen LogP contribution >= 0.6 is 12.4 Å². The predicted octanol–water partition coefficient (Wildman–Crippen LogP) is 2.21. The Hall–Kier alpha value is -0.610. The molecule has 0 aliphatic heterocycles. The monoisotopic (exact) mass is 285 g/mol. The summed E-state index contributed by atoms with van der Waals surface area (Å²) in [6, 6.07) is 10.6. The average Bonchev–Trinajstić information content (AvgIpc) is 2.41. The number of hydrogen-bond donors (Lipinski definition) is 1.